The first-order chi connectivity index (χ1) is 45.8. The summed E-state index contributed by atoms with van der Waals surface area (Å²) >= 11 is 9.50. The second-order valence-electron chi connectivity index (χ2n) is 16.8. The van der Waals surface area contributed by atoms with Crippen LogP contribution in [-0.2, 0) is 54.2 Å². The molecule has 0 atom stereocenters. The summed E-state index contributed by atoms with van der Waals surface area (Å²) in [6.07, 6.45) is 0. The summed E-state index contributed by atoms with van der Waals surface area (Å²) in [4.78, 5) is 65.0. The van der Waals surface area contributed by atoms with Gasteiger partial charge in [0.1, 0.15) is 60.1 Å². The number of para-hydroxylation sites is 4. The minimum Gasteiger partial charge on any atom is -0.870 e. The van der Waals surface area contributed by atoms with Gasteiger partial charge in [-0.25, -0.2) is 28.8 Å². The number of carbonyl (C=O) groups is 6. The summed E-state index contributed by atoms with van der Waals surface area (Å²) in [5.41, 5.74) is 0.758. The van der Waals surface area contributed by atoms with Gasteiger partial charge < -0.3 is 91.3 Å². The van der Waals surface area contributed by atoms with E-state index in [4.69, 9.17) is 52.1 Å². The molecule has 1 radical (unpaired) electrons. The van der Waals surface area contributed by atoms with Gasteiger partial charge in [-0.1, -0.05) is 136 Å². The van der Waals surface area contributed by atoms with E-state index in [0.29, 0.717) is 56.7 Å². The van der Waals surface area contributed by atoms with Gasteiger partial charge in [-0.05, 0) is 62.4 Å². The molecule has 0 aliphatic rings. The van der Waals surface area contributed by atoms with Gasteiger partial charge in [0.2, 0.25) is 0 Å². The summed E-state index contributed by atoms with van der Waals surface area (Å²) in [5, 5.41) is 46.8. The van der Waals surface area contributed by atoms with Gasteiger partial charge in [-0.2, -0.15) is 0 Å². The molecule has 0 spiro atoms. The first-order valence-corrected chi connectivity index (χ1v) is 29.4. The van der Waals surface area contributed by atoms with Crippen molar-refractivity contribution in [3.05, 3.63) is 226 Å². The predicted molar refractivity (Wildman–Crippen MR) is 347 cm³/mol. The van der Waals surface area contributed by atoms with Crippen LogP contribution in [-0.4, -0.2) is 143 Å². The number of ether oxygens (including phenoxy) is 8. The quantitative estimate of drug-likeness (QED) is 0.0314. The summed E-state index contributed by atoms with van der Waals surface area (Å²) in [6, 6.07) is 45.4. The van der Waals surface area contributed by atoms with E-state index in [1.807, 2.05) is 84.9 Å². The molecule has 5 N–H and O–H groups in total. The number of carboxylic acid groups (broad SMARTS) is 1. The number of methoxy groups -OCH3 is 5. The molecule has 0 bridgehead atoms. The number of rotatable bonds is 17. The van der Waals surface area contributed by atoms with E-state index in [1.54, 1.807) is 50.2 Å². The smallest absolute Gasteiger partial charge is 0.870 e. The molecule has 38 heteroatoms. The summed E-state index contributed by atoms with van der Waals surface area (Å²) in [7, 11) is 10.8. The zero-order chi connectivity index (χ0) is 70.2. The fourth-order valence-corrected chi connectivity index (χ4v) is 6.34. The van der Waals surface area contributed by atoms with Crippen molar-refractivity contribution in [2.24, 2.45) is 4.30 Å². The number of hydrogen-bond donors (Lipinski definition) is 4. The van der Waals surface area contributed by atoms with Crippen molar-refractivity contribution < 1.29 is 179 Å². The van der Waals surface area contributed by atoms with Crippen molar-refractivity contribution in [2.45, 2.75) is 44.3 Å². The van der Waals surface area contributed by atoms with Crippen LogP contribution in [0.25, 0.3) is 0 Å². The van der Waals surface area contributed by atoms with Crippen LogP contribution in [0.2, 0.25) is 0 Å². The first-order valence-electron chi connectivity index (χ1n) is 26.8. The largest absolute Gasteiger partial charge is 1.00 e. The monoisotopic (exact) mass is 1540 g/mol. The Morgan fingerprint density at radius 1 is 0.444 bits per heavy atom. The number of thiol groups is 1. The van der Waals surface area contributed by atoms with Gasteiger partial charge in [0.25, 0.3) is 0 Å². The van der Waals surface area contributed by atoms with Crippen molar-refractivity contribution in [3.63, 3.8) is 0 Å². The molecule has 99 heavy (non-hydrogen) atoms. The SMILES string of the molecule is CCO.COC(=O)c1cc(C)on1.COC(=O)c1cc(CBr)on1.COC(=O)c1cc(CBr)on1.COC(=O)c1cc(COc2ccccc2)on1.COC(=O)c1cc(COc2ccccc2)on1.O=C(O)c1cc(COc2ccccc2)on1.Oc1ccccc1.[B]=NS.[Na+].[Na+].[OH-].[OH-]. The van der Waals surface area contributed by atoms with Crippen LogP contribution in [0.1, 0.15) is 104 Å². The number of phenols is 1. The predicted octanol–water partition coefficient (Wildman–Crippen LogP) is 4.74. The van der Waals surface area contributed by atoms with E-state index in [0.717, 1.165) is 11.5 Å². The number of aliphatic hydroxyl groups excluding tert-OH is 1. The van der Waals surface area contributed by atoms with E-state index >= 15 is 0 Å². The molecule has 0 aliphatic heterocycles. The number of hydrogen-bond acceptors (Lipinski definition) is 32. The van der Waals surface area contributed by atoms with Gasteiger partial charge in [0, 0.05) is 43.0 Å². The fraction of sp³-hybridized carbons (Fsp3) is 0.213. The molecule has 0 fully saturated rings. The van der Waals surface area contributed by atoms with Gasteiger partial charge in [-0.3, -0.25) is 0 Å². The zero-order valence-corrected chi connectivity index (χ0v) is 62.6. The van der Waals surface area contributed by atoms with E-state index in [-0.39, 0.29) is 131 Å². The third-order valence-electron chi connectivity index (χ3n) is 10.0. The van der Waals surface area contributed by atoms with Crippen molar-refractivity contribution in [2.75, 3.05) is 42.2 Å². The molecule has 32 nitrogen and oxygen atoms in total. The van der Waals surface area contributed by atoms with Crippen molar-refractivity contribution >= 4 is 88.1 Å². The molecule has 10 aromatic rings. The number of aromatic hydroxyl groups is 1. The Morgan fingerprint density at radius 3 is 0.869 bits per heavy atom. The van der Waals surface area contributed by atoms with E-state index < -0.39 is 35.8 Å². The van der Waals surface area contributed by atoms with Gasteiger partial charge in [-0.15, -0.1) is 0 Å². The number of carboxylic acids is 1. The minimum absolute atomic E-state index is 0. The second-order valence-corrected chi connectivity index (χ2v) is 18.2. The van der Waals surface area contributed by atoms with Gasteiger partial charge in [0.05, 0.1) is 46.2 Å². The standard InChI is InChI=1S/2C12H11NO4.C11H9NO4.2C6H6BrNO3.C6H7NO3.C6H6O.C2H6O.BHNS.2Na.2H2O/c2*1-15-12(14)11-7-10(17-13-11)8-16-9-5-3-2-4-6-9;13-11(14)10-6-9(16-12-10)7-15-8-4-2-1-3-5-8;2*1-10-6(9)5-2-4(3-7)11-8-5;1-4-3-5(7-10-4)6(8)9-2;7-6-4-2-1-3-5-6;2*1-2-3;;;;/h2*2-7H,8H2,1H3;1-6H,7H2,(H,13,14);2*2H,3H2,1H3;3H,1-2H3;1-5,7H;3H,2H2,1H3;3H;;;2*1H2/q;;;;;;;;;2*+1;;/p-2. The summed E-state index contributed by atoms with van der Waals surface area (Å²) in [5.74, 6) is 1.96. The maximum atomic E-state index is 11.1. The Hall–Kier alpha value is -8.79. The third kappa shape index (κ3) is 40.0. The van der Waals surface area contributed by atoms with Crippen LogP contribution in [0.5, 0.6) is 23.0 Å². The van der Waals surface area contributed by atoms with Crippen molar-refractivity contribution in [1.82, 2.24) is 30.9 Å². The summed E-state index contributed by atoms with van der Waals surface area (Å²) < 4.78 is 69.9. The number of nitrogens with zero attached hydrogens (tertiary/aromatic N) is 7. The fourth-order valence-electron chi connectivity index (χ4n) is 5.81. The van der Waals surface area contributed by atoms with Crippen LogP contribution in [0.3, 0.4) is 0 Å². The number of carbonyl (C=O) groups excluding carboxylic acids is 5. The Balaban J connectivity index is -0.00000108. The van der Waals surface area contributed by atoms with Gasteiger partial charge >= 0.3 is 120 Å². The number of benzene rings is 4. The molecule has 10 rings (SSSR count). The van der Waals surface area contributed by atoms with Crippen molar-refractivity contribution in [1.29, 1.82) is 0 Å². The number of alkyl halides is 2. The molecule has 0 saturated heterocycles. The van der Waals surface area contributed by atoms with Crippen LogP contribution in [0.15, 0.2) is 189 Å². The molecule has 4 aromatic carbocycles. The Kier molecular flexibility index (Phi) is 54.5. The van der Waals surface area contributed by atoms with Gasteiger partial charge in [0.15, 0.2) is 51.4 Å². The van der Waals surface area contributed by atoms with Crippen molar-refractivity contribution in [3.8, 4) is 23.0 Å². The molecule has 0 aliphatic carbocycles. The first kappa shape index (κ1) is 94.4. The topological polar surface area (TPSA) is 465 Å². The normalized spacial score (nSPS) is 9.03. The maximum Gasteiger partial charge on any atom is 1.00 e. The van der Waals surface area contributed by atoms with E-state index in [1.165, 1.54) is 71.9 Å². The molecule has 0 amide bonds. The van der Waals surface area contributed by atoms with E-state index in [2.05, 4.69) is 116 Å². The minimum atomic E-state index is -1.12. The maximum absolute atomic E-state index is 11.1. The molecular formula is C61H65BBr2N7Na2O25S. The number of phenolic OH excluding ortho intramolecular Hbond substituents is 1. The number of halogens is 2. The average molecular weight is 1540 g/mol. The Bertz CT molecular complexity index is 3630. The number of aliphatic hydroxyl groups is 1. The molecule has 6 heterocycles. The molecular weight excluding hydrogens is 1480 g/mol. The Labute approximate surface area is 633 Å². The summed E-state index contributed by atoms with van der Waals surface area (Å²) in [6.45, 7) is 4.23. The van der Waals surface area contributed by atoms with Crippen LogP contribution >= 0.6 is 44.7 Å². The van der Waals surface area contributed by atoms with Crippen LogP contribution < -0.4 is 73.3 Å². The zero-order valence-electron chi connectivity index (χ0n) is 54.6. The van der Waals surface area contributed by atoms with Crippen LogP contribution in [0.4, 0.5) is 0 Å². The Morgan fingerprint density at radius 2 is 0.667 bits per heavy atom. The van der Waals surface area contributed by atoms with E-state index in [9.17, 15) is 28.8 Å². The van der Waals surface area contributed by atoms with Crippen LogP contribution in [0, 0.1) is 6.92 Å². The molecule has 519 valence electrons. The number of aromatic carboxylic acids is 1. The number of esters is 5. The number of aryl methyl sites for hydroxylation is 1. The molecule has 0 unspecified atom stereocenters. The molecule has 0 saturated carbocycles. The average Bonchev–Trinajstić information content (AvgIpc) is 2.30. The second kappa shape index (κ2) is 57.2. The molecule has 6 aromatic heterocycles. The number of aromatic nitrogens is 6. The third-order valence-corrected chi connectivity index (χ3v) is 11.1.